The lowest BCUT2D eigenvalue weighted by atomic mass is 9.89. The molecule has 0 aromatic heterocycles. The molecule has 0 aliphatic heterocycles. The number of rotatable bonds is 3. The van der Waals surface area contributed by atoms with Crippen LogP contribution in [0.25, 0.3) is 0 Å². The third-order valence-electron chi connectivity index (χ3n) is 4.07. The molecule has 0 heterocycles. The Bertz CT molecular complexity index is 673. The van der Waals surface area contributed by atoms with Crippen molar-refractivity contribution in [3.63, 3.8) is 0 Å². The summed E-state index contributed by atoms with van der Waals surface area (Å²) in [5, 5.41) is 0.307. The van der Waals surface area contributed by atoms with E-state index in [1.165, 1.54) is 30.0 Å². The predicted octanol–water partition coefficient (Wildman–Crippen LogP) is 4.78. The van der Waals surface area contributed by atoms with Crippen molar-refractivity contribution in [2.24, 2.45) is 0 Å². The predicted molar refractivity (Wildman–Crippen MR) is 82.5 cm³/mol. The molecule has 0 fully saturated rings. The second kappa shape index (κ2) is 5.98. The molecule has 0 bridgehead atoms. The molecule has 3 rings (SSSR count). The van der Waals surface area contributed by atoms with Crippen molar-refractivity contribution in [1.82, 2.24) is 0 Å². The average Bonchev–Trinajstić information content (AvgIpc) is 2.50. The van der Waals surface area contributed by atoms with Crippen LogP contribution >= 0.6 is 11.6 Å². The van der Waals surface area contributed by atoms with Crippen molar-refractivity contribution in [3.05, 3.63) is 69.5 Å². The zero-order chi connectivity index (χ0) is 14.8. The van der Waals surface area contributed by atoms with Crippen LogP contribution in [0.3, 0.4) is 0 Å². The van der Waals surface area contributed by atoms with E-state index in [2.05, 4.69) is 0 Å². The zero-order valence-electron chi connectivity index (χ0n) is 11.7. The molecule has 0 saturated heterocycles. The fourth-order valence-electron chi connectivity index (χ4n) is 2.87. The summed E-state index contributed by atoms with van der Waals surface area (Å²) >= 11 is 5.98. The Morgan fingerprint density at radius 1 is 1.10 bits per heavy atom. The minimum absolute atomic E-state index is 0.00426. The summed E-state index contributed by atoms with van der Waals surface area (Å²) in [5.41, 5.74) is 3.52. The summed E-state index contributed by atoms with van der Waals surface area (Å²) in [7, 11) is 0. The minimum atomic E-state index is -0.422. The van der Waals surface area contributed by atoms with Gasteiger partial charge in [0.05, 0.1) is 0 Å². The molecule has 1 aliphatic rings. The number of halogens is 2. The molecule has 21 heavy (non-hydrogen) atoms. The molecule has 0 spiro atoms. The number of hydrogen-bond acceptors (Lipinski definition) is 1. The molecule has 0 radical (unpaired) electrons. The Morgan fingerprint density at radius 3 is 2.62 bits per heavy atom. The molecule has 1 nitrogen and oxygen atoms in total. The molecule has 0 unspecified atom stereocenters. The van der Waals surface area contributed by atoms with Gasteiger partial charge in [-0.1, -0.05) is 29.8 Å². The first kappa shape index (κ1) is 14.3. The van der Waals surface area contributed by atoms with Gasteiger partial charge < -0.3 is 0 Å². The first-order chi connectivity index (χ1) is 10.1. The summed E-state index contributed by atoms with van der Waals surface area (Å²) in [5.74, 6) is -0.510. The van der Waals surface area contributed by atoms with Gasteiger partial charge in [-0.05, 0) is 55.0 Å². The number of hydrogen-bond donors (Lipinski definition) is 0. The number of carbonyl (C=O) groups excluding carboxylic acids is 1. The Balaban J connectivity index is 1.86. The van der Waals surface area contributed by atoms with Crippen molar-refractivity contribution in [1.29, 1.82) is 0 Å². The van der Waals surface area contributed by atoms with E-state index in [4.69, 9.17) is 11.6 Å². The molecule has 0 atom stereocenters. The maximum atomic E-state index is 13.8. The third-order valence-corrected chi connectivity index (χ3v) is 4.42. The van der Waals surface area contributed by atoms with Gasteiger partial charge in [0.2, 0.25) is 0 Å². The van der Waals surface area contributed by atoms with E-state index < -0.39 is 5.82 Å². The number of Topliss-reactive ketones (excluding diaryl/α,β-unsaturated/α-hetero) is 1. The smallest absolute Gasteiger partial charge is 0.167 e. The third kappa shape index (κ3) is 3.01. The van der Waals surface area contributed by atoms with Crippen LogP contribution in [0.2, 0.25) is 5.02 Å². The van der Waals surface area contributed by atoms with Gasteiger partial charge >= 0.3 is 0 Å². The fourth-order valence-corrected chi connectivity index (χ4v) is 3.10. The highest BCUT2D eigenvalue weighted by atomic mass is 35.5. The summed E-state index contributed by atoms with van der Waals surface area (Å²) in [6.45, 7) is 0. The van der Waals surface area contributed by atoms with Crippen LogP contribution in [-0.4, -0.2) is 5.78 Å². The lowest BCUT2D eigenvalue weighted by Gasteiger charge is -2.16. The average molecular weight is 303 g/mol. The van der Waals surface area contributed by atoms with Crippen LogP contribution in [0.4, 0.5) is 4.39 Å². The second-order valence-corrected chi connectivity index (χ2v) is 5.90. The van der Waals surface area contributed by atoms with Crippen molar-refractivity contribution in [3.8, 4) is 0 Å². The van der Waals surface area contributed by atoms with Gasteiger partial charge in [-0.2, -0.15) is 0 Å². The topological polar surface area (TPSA) is 17.1 Å². The summed E-state index contributed by atoms with van der Waals surface area (Å²) in [4.78, 5) is 12.4. The molecular formula is C18H16ClFO. The first-order valence-electron chi connectivity index (χ1n) is 7.23. The van der Waals surface area contributed by atoms with Gasteiger partial charge in [0.1, 0.15) is 5.82 Å². The summed E-state index contributed by atoms with van der Waals surface area (Å²) in [6.07, 6.45) is 4.50. The van der Waals surface area contributed by atoms with Gasteiger partial charge in [-0.15, -0.1) is 0 Å². The molecule has 108 valence electrons. The van der Waals surface area contributed by atoms with Crippen molar-refractivity contribution in [2.75, 3.05) is 0 Å². The lowest BCUT2D eigenvalue weighted by Crippen LogP contribution is -2.09. The number of benzene rings is 2. The summed E-state index contributed by atoms with van der Waals surface area (Å²) < 4.78 is 13.8. The Hall–Kier alpha value is -1.67. The molecule has 0 saturated carbocycles. The highest BCUT2D eigenvalue weighted by molar-refractivity contribution is 6.31. The van der Waals surface area contributed by atoms with E-state index in [0.29, 0.717) is 10.6 Å². The van der Waals surface area contributed by atoms with E-state index in [0.717, 1.165) is 12.8 Å². The van der Waals surface area contributed by atoms with Crippen LogP contribution in [0.15, 0.2) is 36.4 Å². The highest BCUT2D eigenvalue weighted by Gasteiger charge is 2.16. The van der Waals surface area contributed by atoms with Crippen LogP contribution in [-0.2, 0) is 19.3 Å². The molecule has 2 aromatic carbocycles. The largest absolute Gasteiger partial charge is 0.294 e. The maximum Gasteiger partial charge on any atom is 0.167 e. The van der Waals surface area contributed by atoms with Gasteiger partial charge in [0.15, 0.2) is 5.78 Å². The van der Waals surface area contributed by atoms with E-state index in [1.54, 1.807) is 12.1 Å². The Labute approximate surface area is 128 Å². The van der Waals surface area contributed by atoms with Crippen LogP contribution in [0, 0.1) is 5.82 Å². The monoisotopic (exact) mass is 302 g/mol. The van der Waals surface area contributed by atoms with Crippen molar-refractivity contribution < 1.29 is 9.18 Å². The second-order valence-electron chi connectivity index (χ2n) is 5.49. The number of ketones is 1. The van der Waals surface area contributed by atoms with E-state index in [1.807, 2.05) is 18.2 Å². The molecule has 0 amide bonds. The van der Waals surface area contributed by atoms with E-state index >= 15 is 0 Å². The SMILES string of the molecule is O=C(Cc1c(F)cccc1Cl)c1ccc2c(c1)CCCC2. The molecule has 0 N–H and O–H groups in total. The minimum Gasteiger partial charge on any atom is -0.294 e. The number of aryl methyl sites for hydroxylation is 2. The van der Waals surface area contributed by atoms with E-state index in [-0.39, 0.29) is 17.8 Å². The van der Waals surface area contributed by atoms with Crippen molar-refractivity contribution in [2.45, 2.75) is 32.1 Å². The molecule has 3 heteroatoms. The van der Waals surface area contributed by atoms with E-state index in [9.17, 15) is 9.18 Å². The zero-order valence-corrected chi connectivity index (χ0v) is 12.4. The van der Waals surface area contributed by atoms with Gasteiger partial charge in [-0.3, -0.25) is 4.79 Å². The molecular weight excluding hydrogens is 287 g/mol. The summed E-state index contributed by atoms with van der Waals surface area (Å²) in [6, 6.07) is 10.3. The number of fused-ring (bicyclic) bond motifs is 1. The standard InChI is InChI=1S/C18H16ClFO/c19-16-6-3-7-17(20)15(16)11-18(21)14-9-8-12-4-1-2-5-13(12)10-14/h3,6-10H,1-2,4-5,11H2. The molecule has 1 aliphatic carbocycles. The van der Waals surface area contributed by atoms with Gasteiger partial charge in [-0.25, -0.2) is 4.39 Å². The maximum absolute atomic E-state index is 13.8. The Kier molecular flexibility index (Phi) is 4.07. The molecule has 2 aromatic rings. The van der Waals surface area contributed by atoms with Gasteiger partial charge in [0, 0.05) is 22.6 Å². The fraction of sp³-hybridized carbons (Fsp3) is 0.278. The number of carbonyl (C=O) groups is 1. The van der Waals surface area contributed by atoms with Crippen LogP contribution < -0.4 is 0 Å². The van der Waals surface area contributed by atoms with Gasteiger partial charge in [0.25, 0.3) is 0 Å². The van der Waals surface area contributed by atoms with Crippen molar-refractivity contribution >= 4 is 17.4 Å². The Morgan fingerprint density at radius 2 is 1.86 bits per heavy atom. The highest BCUT2D eigenvalue weighted by Crippen LogP contribution is 2.24. The van der Waals surface area contributed by atoms with Crippen LogP contribution in [0.1, 0.15) is 39.9 Å². The normalized spacial score (nSPS) is 13.8. The lowest BCUT2D eigenvalue weighted by molar-refractivity contribution is 0.0991. The van der Waals surface area contributed by atoms with Crippen LogP contribution in [0.5, 0.6) is 0 Å². The first-order valence-corrected chi connectivity index (χ1v) is 7.61. The quantitative estimate of drug-likeness (QED) is 0.746.